The molecule has 0 aromatic carbocycles. The van der Waals surface area contributed by atoms with Gasteiger partial charge in [0.05, 0.1) is 32.0 Å². The molecule has 0 saturated carbocycles. The summed E-state index contributed by atoms with van der Waals surface area (Å²) in [4.78, 5) is 13.3. The zero-order chi connectivity index (χ0) is 52.4. The van der Waals surface area contributed by atoms with Crippen LogP contribution in [0.5, 0.6) is 0 Å². The Morgan fingerprint density at radius 1 is 0.500 bits per heavy atom. The highest BCUT2D eigenvalue weighted by Gasteiger charge is 2.51. The number of hydrogen-bond donors (Lipinski definition) is 9. The maximum Gasteiger partial charge on any atom is 0.220 e. The van der Waals surface area contributed by atoms with Crippen molar-refractivity contribution in [3.63, 3.8) is 0 Å². The minimum Gasteiger partial charge on any atom is -0.394 e. The Balaban J connectivity index is 1.71. The van der Waals surface area contributed by atoms with Crippen LogP contribution < -0.4 is 5.32 Å². The van der Waals surface area contributed by atoms with Gasteiger partial charge in [0.25, 0.3) is 0 Å². The fourth-order valence-corrected chi connectivity index (χ4v) is 9.86. The van der Waals surface area contributed by atoms with Gasteiger partial charge in [-0.05, 0) is 44.9 Å². The Labute approximate surface area is 437 Å². The second-order valence-corrected chi connectivity index (χ2v) is 21.1. The average Bonchev–Trinajstić information content (AvgIpc) is 3.38. The zero-order valence-electron chi connectivity index (χ0n) is 45.4. The third kappa shape index (κ3) is 30.3. The maximum atomic E-state index is 13.3. The van der Waals surface area contributed by atoms with Crippen LogP contribution in [0.1, 0.15) is 245 Å². The van der Waals surface area contributed by atoms with E-state index in [1.54, 1.807) is 0 Å². The third-order valence-corrected chi connectivity index (χ3v) is 14.7. The molecule has 12 atom stereocenters. The summed E-state index contributed by atoms with van der Waals surface area (Å²) in [6, 6.07) is -0.826. The zero-order valence-corrected chi connectivity index (χ0v) is 45.4. The van der Waals surface area contributed by atoms with Crippen LogP contribution in [-0.4, -0.2) is 140 Å². The Kier molecular flexibility index (Phi) is 41.2. The van der Waals surface area contributed by atoms with Crippen molar-refractivity contribution in [3.8, 4) is 0 Å². The molecule has 0 spiro atoms. The molecule has 0 aromatic rings. The number of carbonyl (C=O) groups excluding carboxylic acids is 1. The molecule has 2 aliphatic rings. The first-order valence-corrected chi connectivity index (χ1v) is 29.6. The molecule has 72 heavy (non-hydrogen) atoms. The van der Waals surface area contributed by atoms with E-state index in [1.165, 1.54) is 161 Å². The van der Waals surface area contributed by atoms with E-state index >= 15 is 0 Å². The molecule has 0 aromatic heterocycles. The topological polar surface area (TPSA) is 228 Å². The molecule has 14 nitrogen and oxygen atoms in total. The van der Waals surface area contributed by atoms with Gasteiger partial charge in [-0.3, -0.25) is 4.79 Å². The third-order valence-electron chi connectivity index (χ3n) is 14.7. The molecule has 0 radical (unpaired) electrons. The van der Waals surface area contributed by atoms with Gasteiger partial charge >= 0.3 is 0 Å². The van der Waals surface area contributed by atoms with E-state index in [2.05, 4.69) is 43.5 Å². The van der Waals surface area contributed by atoms with Gasteiger partial charge < -0.3 is 65.1 Å². The second-order valence-electron chi connectivity index (χ2n) is 21.1. The number of amides is 1. The molecule has 0 aliphatic carbocycles. The Hall–Kier alpha value is -1.53. The SMILES string of the molecule is CCCCCCC/C=C\C/C=C\CCCCCCCCCCCCCCCC(=O)NC(COC1OC(CO)C(OC2OC(CO)C(O)C(O)C2O)C(O)C1O)C(O)CCCCCCCCCCCCCCC. The number of hydrogen-bond acceptors (Lipinski definition) is 13. The quantitative estimate of drug-likeness (QED) is 0.0205. The highest BCUT2D eigenvalue weighted by atomic mass is 16.7. The number of aliphatic hydroxyl groups is 8. The number of ether oxygens (including phenoxy) is 4. The number of aliphatic hydroxyl groups excluding tert-OH is 8. The van der Waals surface area contributed by atoms with Crippen LogP contribution in [0.25, 0.3) is 0 Å². The Bertz CT molecular complexity index is 1300. The first-order chi connectivity index (χ1) is 35.1. The standard InChI is InChI=1S/C58H109NO13/c1-3-5-7-9-11-13-15-17-18-19-20-21-22-23-24-25-26-27-28-30-32-34-36-38-40-42-50(63)59-46(47(62)41-39-37-35-33-31-29-16-14-12-10-8-6-4-2)45-69-57-55(68)53(66)56(49(44-61)71-57)72-58-54(67)52(65)51(64)48(43-60)70-58/h15,17,19-20,46-49,51-58,60-62,64-68H,3-14,16,18,21-45H2,1-2H3,(H,59,63)/b17-15-,20-19-. The number of rotatable bonds is 47. The maximum absolute atomic E-state index is 13.3. The van der Waals surface area contributed by atoms with Crippen LogP contribution in [0.4, 0.5) is 0 Å². The minimum atomic E-state index is -1.78. The predicted molar refractivity (Wildman–Crippen MR) is 286 cm³/mol. The number of allylic oxidation sites excluding steroid dienone is 4. The highest BCUT2D eigenvalue weighted by molar-refractivity contribution is 5.76. The van der Waals surface area contributed by atoms with Crippen LogP contribution in [0.3, 0.4) is 0 Å². The Morgan fingerprint density at radius 3 is 1.39 bits per heavy atom. The van der Waals surface area contributed by atoms with E-state index in [0.29, 0.717) is 12.8 Å². The fraction of sp³-hybridized carbons (Fsp3) is 0.914. The van der Waals surface area contributed by atoms with Gasteiger partial charge in [-0.25, -0.2) is 0 Å². The highest BCUT2D eigenvalue weighted by Crippen LogP contribution is 2.30. The molecule has 2 heterocycles. The predicted octanol–water partition coefficient (Wildman–Crippen LogP) is 9.67. The van der Waals surface area contributed by atoms with E-state index in [1.807, 2.05) is 0 Å². The van der Waals surface area contributed by atoms with Gasteiger partial charge in [-0.2, -0.15) is 0 Å². The first kappa shape index (κ1) is 66.6. The monoisotopic (exact) mass is 1030 g/mol. The molecule has 1 amide bonds. The van der Waals surface area contributed by atoms with Gasteiger partial charge in [0.2, 0.25) is 5.91 Å². The van der Waals surface area contributed by atoms with Crippen molar-refractivity contribution in [2.24, 2.45) is 0 Å². The lowest BCUT2D eigenvalue weighted by Gasteiger charge is -2.46. The molecular formula is C58H109NO13. The Morgan fingerprint density at radius 2 is 0.917 bits per heavy atom. The van der Waals surface area contributed by atoms with Gasteiger partial charge in [-0.1, -0.05) is 218 Å². The molecule has 2 saturated heterocycles. The van der Waals surface area contributed by atoms with E-state index in [-0.39, 0.29) is 12.5 Å². The summed E-state index contributed by atoms with van der Waals surface area (Å²) in [6.07, 6.45) is 34.6. The molecule has 0 bridgehead atoms. The smallest absolute Gasteiger partial charge is 0.220 e. The molecule has 2 fully saturated rings. The largest absolute Gasteiger partial charge is 0.394 e. The van der Waals surface area contributed by atoms with Crippen molar-refractivity contribution in [1.29, 1.82) is 0 Å². The van der Waals surface area contributed by atoms with Gasteiger partial charge in [-0.15, -0.1) is 0 Å². The van der Waals surface area contributed by atoms with Crippen LogP contribution in [0, 0.1) is 0 Å². The number of carbonyl (C=O) groups is 1. The second kappa shape index (κ2) is 44.6. The normalized spacial score (nSPS) is 25.7. The van der Waals surface area contributed by atoms with E-state index < -0.39 is 86.8 Å². The molecule has 14 heteroatoms. The first-order valence-electron chi connectivity index (χ1n) is 29.6. The summed E-state index contributed by atoms with van der Waals surface area (Å²) in [6.45, 7) is 2.86. The molecule has 9 N–H and O–H groups in total. The van der Waals surface area contributed by atoms with Crippen LogP contribution in [0.2, 0.25) is 0 Å². The van der Waals surface area contributed by atoms with E-state index in [0.717, 1.165) is 57.8 Å². The summed E-state index contributed by atoms with van der Waals surface area (Å²) in [5, 5.41) is 87.1. The van der Waals surface area contributed by atoms with Crippen molar-refractivity contribution in [1.82, 2.24) is 5.32 Å². The lowest BCUT2D eigenvalue weighted by molar-refractivity contribution is -0.359. The van der Waals surface area contributed by atoms with Gasteiger partial charge in [0, 0.05) is 6.42 Å². The number of nitrogens with one attached hydrogen (secondary N) is 1. The summed E-state index contributed by atoms with van der Waals surface area (Å²) in [5.74, 6) is -0.206. The van der Waals surface area contributed by atoms with Crippen molar-refractivity contribution in [2.45, 2.75) is 319 Å². The lowest BCUT2D eigenvalue weighted by Crippen LogP contribution is -2.65. The molecule has 2 rings (SSSR count). The molecular weight excluding hydrogens is 919 g/mol. The summed E-state index contributed by atoms with van der Waals surface area (Å²) in [7, 11) is 0. The van der Waals surface area contributed by atoms with Crippen molar-refractivity contribution >= 4 is 5.91 Å². The van der Waals surface area contributed by atoms with Crippen LogP contribution in [-0.2, 0) is 23.7 Å². The van der Waals surface area contributed by atoms with Crippen LogP contribution >= 0.6 is 0 Å². The average molecular weight is 1030 g/mol. The van der Waals surface area contributed by atoms with E-state index in [4.69, 9.17) is 18.9 Å². The summed E-state index contributed by atoms with van der Waals surface area (Å²) < 4.78 is 22.8. The number of unbranched alkanes of at least 4 members (excludes halogenated alkanes) is 30. The minimum absolute atomic E-state index is 0.206. The lowest BCUT2D eigenvalue weighted by atomic mass is 9.97. The summed E-state index contributed by atoms with van der Waals surface area (Å²) in [5.41, 5.74) is 0. The summed E-state index contributed by atoms with van der Waals surface area (Å²) >= 11 is 0. The van der Waals surface area contributed by atoms with Gasteiger partial charge in [0.15, 0.2) is 12.6 Å². The van der Waals surface area contributed by atoms with Crippen LogP contribution in [0.15, 0.2) is 24.3 Å². The molecule has 424 valence electrons. The van der Waals surface area contributed by atoms with Gasteiger partial charge in [0.1, 0.15) is 48.8 Å². The molecule has 2 aliphatic heterocycles. The molecule has 12 unspecified atom stereocenters. The fourth-order valence-electron chi connectivity index (χ4n) is 9.86. The van der Waals surface area contributed by atoms with Crippen molar-refractivity contribution in [3.05, 3.63) is 24.3 Å². The van der Waals surface area contributed by atoms with Crippen molar-refractivity contribution in [2.75, 3.05) is 19.8 Å². The van der Waals surface area contributed by atoms with Crippen molar-refractivity contribution < 1.29 is 64.6 Å². The van der Waals surface area contributed by atoms with E-state index in [9.17, 15) is 45.6 Å².